The first-order valence-electron chi connectivity index (χ1n) is 12.6. The highest BCUT2D eigenvalue weighted by atomic mass is 32.2. The van der Waals surface area contributed by atoms with Gasteiger partial charge in [-0.25, -0.2) is 9.78 Å². The minimum absolute atomic E-state index is 0.0216. The number of alkyl halides is 3. The van der Waals surface area contributed by atoms with Crippen molar-refractivity contribution in [2.75, 3.05) is 16.2 Å². The molecule has 1 aliphatic rings. The van der Waals surface area contributed by atoms with Crippen LogP contribution in [-0.2, 0) is 26.0 Å². The first kappa shape index (κ1) is 32.2. The van der Waals surface area contributed by atoms with Crippen LogP contribution in [0.15, 0.2) is 23.2 Å². The monoisotopic (exact) mass is 623 g/mol. The number of carbonyl (C=O) groups is 2. The van der Waals surface area contributed by atoms with Crippen LogP contribution >= 0.6 is 11.3 Å². The zero-order valence-electron chi connectivity index (χ0n) is 23.2. The van der Waals surface area contributed by atoms with E-state index in [-0.39, 0.29) is 46.3 Å². The van der Waals surface area contributed by atoms with Crippen molar-refractivity contribution in [1.82, 2.24) is 4.98 Å². The van der Waals surface area contributed by atoms with Gasteiger partial charge in [-0.3, -0.25) is 14.4 Å². The lowest BCUT2D eigenvalue weighted by Crippen LogP contribution is -2.45. The van der Waals surface area contributed by atoms with E-state index in [1.807, 2.05) is 0 Å². The Balaban J connectivity index is 2.05. The summed E-state index contributed by atoms with van der Waals surface area (Å²) < 4.78 is 84.8. The number of aromatic nitrogens is 1. The number of carboxylic acid groups (broad SMARTS) is 1. The molecule has 2 atom stereocenters. The molecule has 16 heteroatoms. The van der Waals surface area contributed by atoms with Crippen LogP contribution in [0.1, 0.15) is 53.0 Å². The number of sulfonamides is 1. The zero-order valence-corrected chi connectivity index (χ0v) is 24.9. The highest BCUT2D eigenvalue weighted by Crippen LogP contribution is 2.43. The molecule has 0 fully saturated rings. The molecule has 0 saturated carbocycles. The number of benzene rings is 1. The first-order chi connectivity index (χ1) is 18.9. The molecule has 0 saturated heterocycles. The molecule has 1 aromatic heterocycles. The summed E-state index contributed by atoms with van der Waals surface area (Å²) >= 11 is 1.08. The van der Waals surface area contributed by atoms with Gasteiger partial charge in [0, 0.05) is 5.69 Å². The van der Waals surface area contributed by atoms with Gasteiger partial charge in [0.25, 0.3) is 10.0 Å². The van der Waals surface area contributed by atoms with Crippen molar-refractivity contribution in [3.63, 3.8) is 0 Å². The molecule has 2 unspecified atom stereocenters. The fourth-order valence-electron chi connectivity index (χ4n) is 3.71. The summed E-state index contributed by atoms with van der Waals surface area (Å²) in [5, 5.41) is 11.8. The van der Waals surface area contributed by atoms with Gasteiger partial charge in [-0.1, -0.05) is 25.2 Å². The van der Waals surface area contributed by atoms with E-state index in [0.29, 0.717) is 25.3 Å². The van der Waals surface area contributed by atoms with Gasteiger partial charge in [0.05, 0.1) is 29.3 Å². The fourth-order valence-corrected chi connectivity index (χ4v) is 6.53. The van der Waals surface area contributed by atoms with E-state index in [1.165, 1.54) is 25.1 Å². The Morgan fingerprint density at radius 1 is 1.27 bits per heavy atom. The highest BCUT2D eigenvalue weighted by Gasteiger charge is 2.51. The van der Waals surface area contributed by atoms with Crippen LogP contribution in [0.4, 0.5) is 29.3 Å². The molecule has 11 nitrogen and oxygen atoms in total. The number of thiazole rings is 1. The second-order valence-electron chi connectivity index (χ2n) is 10.2. The van der Waals surface area contributed by atoms with E-state index < -0.39 is 45.9 Å². The van der Waals surface area contributed by atoms with Gasteiger partial charge < -0.3 is 19.3 Å². The maximum Gasteiger partial charge on any atom is 0.427 e. The van der Waals surface area contributed by atoms with Crippen LogP contribution in [0.2, 0.25) is 0 Å². The lowest BCUT2D eigenvalue weighted by atomic mass is 10.0. The number of amides is 1. The van der Waals surface area contributed by atoms with Crippen molar-refractivity contribution >= 4 is 44.8 Å². The average molecular weight is 624 g/mol. The van der Waals surface area contributed by atoms with Crippen LogP contribution in [0.25, 0.3) is 0 Å². The summed E-state index contributed by atoms with van der Waals surface area (Å²) in [6.07, 6.45) is -7.05. The number of aryl methyl sites for hydroxylation is 1. The minimum Gasteiger partial charge on any atom is -0.486 e. The number of ether oxygens (including phenoxy) is 3. The highest BCUT2D eigenvalue weighted by molar-refractivity contribution is 7.93. The number of halogens is 3. The Kier molecular flexibility index (Phi) is 9.37. The molecule has 0 aliphatic carbocycles. The Hall–Kier alpha value is -3.27. The van der Waals surface area contributed by atoms with E-state index in [2.05, 4.69) is 15.0 Å². The number of aliphatic carboxylic acids is 1. The normalized spacial score (nSPS) is 16.5. The molecule has 228 valence electrons. The summed E-state index contributed by atoms with van der Waals surface area (Å²) in [5.74, 6) is -1.90. The van der Waals surface area contributed by atoms with E-state index >= 15 is 0 Å². The van der Waals surface area contributed by atoms with E-state index in [1.54, 1.807) is 20.8 Å². The van der Waals surface area contributed by atoms with Crippen molar-refractivity contribution in [1.29, 1.82) is 0 Å². The number of hydrogen-bond acceptors (Lipinski definition) is 9. The number of carboxylic acids is 1. The molecule has 3 rings (SSSR count). The predicted molar refractivity (Wildman–Crippen MR) is 144 cm³/mol. The van der Waals surface area contributed by atoms with Gasteiger partial charge in [0.1, 0.15) is 11.9 Å². The van der Waals surface area contributed by atoms with Crippen LogP contribution in [0.3, 0.4) is 0 Å². The van der Waals surface area contributed by atoms with Crippen LogP contribution in [0, 0.1) is 5.92 Å². The van der Waals surface area contributed by atoms with Crippen LogP contribution in [0.5, 0.6) is 10.8 Å². The van der Waals surface area contributed by atoms with Gasteiger partial charge in [-0.15, -0.1) is 0 Å². The van der Waals surface area contributed by atoms with Crippen LogP contribution < -0.4 is 19.1 Å². The molecule has 41 heavy (non-hydrogen) atoms. The molecular weight excluding hydrogens is 591 g/mol. The summed E-state index contributed by atoms with van der Waals surface area (Å²) in [6.45, 7) is 7.80. The van der Waals surface area contributed by atoms with Gasteiger partial charge in [-0.2, -0.15) is 21.6 Å². The quantitative estimate of drug-likeness (QED) is 0.353. The maximum absolute atomic E-state index is 14.1. The standard InChI is InChI=1S/C25H32F3N3O8S2/c1-7-19-30-20(22(40-19)37-13(2)3)41(35,36)31-12-16(10-14(4)21(32)33)38-18-9-8-15(11-17(18)31)29-23(34)39-24(5,6)25(26,27)28/h8-9,11,13-14,16H,7,10,12H2,1-6H3,(H,29,34)(H,32,33). The molecule has 0 radical (unpaired) electrons. The second kappa shape index (κ2) is 11.9. The largest absolute Gasteiger partial charge is 0.486 e. The molecule has 2 N–H and O–H groups in total. The topological polar surface area (TPSA) is 144 Å². The molecule has 0 bridgehead atoms. The Bertz CT molecular complexity index is 1390. The van der Waals surface area contributed by atoms with Gasteiger partial charge in [-0.05, 0) is 58.7 Å². The van der Waals surface area contributed by atoms with Gasteiger partial charge in [0.15, 0.2) is 0 Å². The number of carbonyl (C=O) groups excluding carboxylic acids is 1. The van der Waals surface area contributed by atoms with Crippen molar-refractivity contribution in [3.8, 4) is 10.8 Å². The summed E-state index contributed by atoms with van der Waals surface area (Å²) in [4.78, 5) is 28.0. The lowest BCUT2D eigenvalue weighted by Gasteiger charge is -2.36. The number of fused-ring (bicyclic) bond motifs is 1. The number of nitrogens with one attached hydrogen (secondary N) is 1. The van der Waals surface area contributed by atoms with Crippen molar-refractivity contribution < 1.29 is 50.5 Å². The third-order valence-corrected chi connectivity index (χ3v) is 8.91. The Morgan fingerprint density at radius 2 is 1.93 bits per heavy atom. The Labute approximate surface area is 239 Å². The number of nitrogens with zero attached hydrogens (tertiary/aromatic N) is 2. The smallest absolute Gasteiger partial charge is 0.427 e. The van der Waals surface area contributed by atoms with Crippen LogP contribution in [-0.4, -0.2) is 61.1 Å². The van der Waals surface area contributed by atoms with E-state index in [0.717, 1.165) is 15.6 Å². The molecule has 1 aliphatic heterocycles. The summed E-state index contributed by atoms with van der Waals surface area (Å²) in [5.41, 5.74) is -2.90. The number of anilines is 2. The molecule has 1 aromatic carbocycles. The fraction of sp³-hybridized carbons (Fsp3) is 0.560. The number of hydrogen-bond donors (Lipinski definition) is 2. The predicted octanol–water partition coefficient (Wildman–Crippen LogP) is 5.45. The summed E-state index contributed by atoms with van der Waals surface area (Å²) in [7, 11) is -4.44. The third kappa shape index (κ3) is 7.33. The average Bonchev–Trinajstić information content (AvgIpc) is 3.25. The number of rotatable bonds is 10. The van der Waals surface area contributed by atoms with Crippen molar-refractivity contribution in [3.05, 3.63) is 23.2 Å². The lowest BCUT2D eigenvalue weighted by molar-refractivity contribution is -0.242. The SMILES string of the molecule is CCc1nc(S(=O)(=O)N2CC(CC(C)C(=O)O)Oc3ccc(NC(=O)OC(C)(C)C(F)(F)F)cc32)c(OC(C)C)s1. The van der Waals surface area contributed by atoms with E-state index in [9.17, 15) is 36.3 Å². The molecule has 0 spiro atoms. The van der Waals surface area contributed by atoms with E-state index in [4.69, 9.17) is 9.47 Å². The minimum atomic E-state index is -4.83. The molecule has 2 aromatic rings. The maximum atomic E-state index is 14.1. The van der Waals surface area contributed by atoms with Crippen molar-refractivity contribution in [2.45, 2.75) is 83.4 Å². The molecular formula is C25H32F3N3O8S2. The third-order valence-electron chi connectivity index (χ3n) is 6.00. The van der Waals surface area contributed by atoms with Gasteiger partial charge in [0.2, 0.25) is 15.7 Å². The van der Waals surface area contributed by atoms with Gasteiger partial charge >= 0.3 is 18.2 Å². The Morgan fingerprint density at radius 3 is 2.49 bits per heavy atom. The van der Waals surface area contributed by atoms with Crippen molar-refractivity contribution in [2.24, 2.45) is 5.92 Å². The summed E-state index contributed by atoms with van der Waals surface area (Å²) in [6, 6.07) is 3.82. The first-order valence-corrected chi connectivity index (χ1v) is 14.9. The second-order valence-corrected chi connectivity index (χ2v) is 13.0. The zero-order chi connectivity index (χ0) is 30.9. The molecule has 1 amide bonds. The molecule has 2 heterocycles.